The van der Waals surface area contributed by atoms with Crippen LogP contribution in [0, 0.1) is 0 Å². The first-order valence-corrected chi connectivity index (χ1v) is 8.24. The van der Waals surface area contributed by atoms with Gasteiger partial charge in [-0.1, -0.05) is 0 Å². The topological polar surface area (TPSA) is 83.3 Å². The van der Waals surface area contributed by atoms with Gasteiger partial charge >= 0.3 is 5.82 Å². The Morgan fingerprint density at radius 1 is 1.15 bits per heavy atom. The number of nitrogens with zero attached hydrogens (tertiary/aromatic N) is 4. The van der Waals surface area contributed by atoms with Crippen LogP contribution < -0.4 is 19.8 Å². The Morgan fingerprint density at radius 3 is 2.74 bits per heavy atom. The summed E-state index contributed by atoms with van der Waals surface area (Å²) < 4.78 is 19.4. The summed E-state index contributed by atoms with van der Waals surface area (Å²) in [6.07, 6.45) is 3.45. The van der Waals surface area contributed by atoms with Gasteiger partial charge in [-0.2, -0.15) is 0 Å². The number of pyridine rings is 1. The number of hydrogen-bond acceptors (Lipinski definition) is 6. The number of aryl methyl sites for hydroxylation is 1. The normalized spacial score (nSPS) is 10.9. The van der Waals surface area contributed by atoms with Crippen LogP contribution in [0.15, 0.2) is 64.2 Å². The predicted octanol–water partition coefficient (Wildman–Crippen LogP) is 1.79. The number of benzene rings is 1. The highest BCUT2D eigenvalue weighted by Crippen LogP contribution is 2.21. The van der Waals surface area contributed by atoms with Gasteiger partial charge in [-0.05, 0) is 35.1 Å². The van der Waals surface area contributed by atoms with Crippen molar-refractivity contribution in [2.45, 2.75) is 6.61 Å². The molecule has 0 atom stereocenters. The minimum absolute atomic E-state index is 0.182. The maximum absolute atomic E-state index is 11.5. The smallest absolute Gasteiger partial charge is 0.387 e. The third-order valence-electron chi connectivity index (χ3n) is 4.03. The maximum atomic E-state index is 11.5. The number of ether oxygens (including phenoxy) is 2. The van der Waals surface area contributed by atoms with Crippen LogP contribution in [0.4, 0.5) is 0 Å². The summed E-state index contributed by atoms with van der Waals surface area (Å²) in [4.78, 5) is 15.8. The second-order valence-electron chi connectivity index (χ2n) is 5.88. The molecule has 0 amide bonds. The predicted molar refractivity (Wildman–Crippen MR) is 95.9 cm³/mol. The standard InChI is InChI=1S/C19H17N4O4/c1-22-19(24)8-7-18(21-22)23-11-13-9-15(5-6-17(13)27-23)26-12-14-3-4-16(25-2)10-20-14/h3-11H,12H2,1-2H3/q+1. The van der Waals surface area contributed by atoms with E-state index in [1.807, 2.05) is 30.3 Å². The van der Waals surface area contributed by atoms with Crippen molar-refractivity contribution in [1.82, 2.24) is 14.8 Å². The van der Waals surface area contributed by atoms with Crippen molar-refractivity contribution in [1.29, 1.82) is 0 Å². The van der Waals surface area contributed by atoms with Crippen molar-refractivity contribution in [3.05, 3.63) is 70.9 Å². The molecule has 0 aliphatic carbocycles. The average molecular weight is 365 g/mol. The van der Waals surface area contributed by atoms with Gasteiger partial charge < -0.3 is 9.47 Å². The van der Waals surface area contributed by atoms with Crippen LogP contribution in [-0.2, 0) is 13.7 Å². The molecule has 3 heterocycles. The molecule has 136 valence electrons. The van der Waals surface area contributed by atoms with Gasteiger partial charge in [0.1, 0.15) is 24.3 Å². The zero-order valence-electron chi connectivity index (χ0n) is 14.8. The van der Waals surface area contributed by atoms with E-state index in [1.165, 1.54) is 15.5 Å². The molecule has 1 aromatic carbocycles. The third-order valence-corrected chi connectivity index (χ3v) is 4.03. The van der Waals surface area contributed by atoms with Gasteiger partial charge in [-0.25, -0.2) is 0 Å². The highest BCUT2D eigenvalue weighted by molar-refractivity contribution is 5.76. The fraction of sp³-hybridized carbons (Fsp3) is 0.158. The summed E-state index contributed by atoms with van der Waals surface area (Å²) in [6, 6.07) is 12.3. The van der Waals surface area contributed by atoms with E-state index in [1.54, 1.807) is 32.6 Å². The summed E-state index contributed by atoms with van der Waals surface area (Å²) >= 11 is 0. The van der Waals surface area contributed by atoms with Gasteiger partial charge in [0.05, 0.1) is 36.5 Å². The second-order valence-corrected chi connectivity index (χ2v) is 5.88. The van der Waals surface area contributed by atoms with Gasteiger partial charge in [0.15, 0.2) is 5.58 Å². The molecule has 0 unspecified atom stereocenters. The highest BCUT2D eigenvalue weighted by Gasteiger charge is 2.16. The van der Waals surface area contributed by atoms with Crippen LogP contribution in [0.1, 0.15) is 5.69 Å². The van der Waals surface area contributed by atoms with Crippen molar-refractivity contribution in [3.8, 4) is 17.3 Å². The van der Waals surface area contributed by atoms with Crippen molar-refractivity contribution in [2.24, 2.45) is 7.05 Å². The molecule has 0 saturated heterocycles. The lowest BCUT2D eigenvalue weighted by atomic mass is 10.2. The quantitative estimate of drug-likeness (QED) is 0.502. The lowest BCUT2D eigenvalue weighted by molar-refractivity contribution is -0.783. The van der Waals surface area contributed by atoms with Gasteiger partial charge in [0.2, 0.25) is 0 Å². The Morgan fingerprint density at radius 2 is 2.00 bits per heavy atom. The Kier molecular flexibility index (Phi) is 4.29. The van der Waals surface area contributed by atoms with E-state index in [0.29, 0.717) is 29.5 Å². The van der Waals surface area contributed by atoms with Crippen molar-refractivity contribution < 1.29 is 18.7 Å². The van der Waals surface area contributed by atoms with E-state index < -0.39 is 0 Å². The molecule has 0 bridgehead atoms. The second kappa shape index (κ2) is 6.91. The molecule has 0 fully saturated rings. The van der Waals surface area contributed by atoms with E-state index in [9.17, 15) is 4.79 Å². The first-order chi connectivity index (χ1) is 13.1. The van der Waals surface area contributed by atoms with Crippen LogP contribution in [0.5, 0.6) is 11.5 Å². The zero-order chi connectivity index (χ0) is 18.8. The molecule has 0 aliphatic rings. The highest BCUT2D eigenvalue weighted by atomic mass is 16.5. The zero-order valence-corrected chi connectivity index (χ0v) is 14.8. The number of aromatic nitrogens is 4. The Bertz CT molecular complexity index is 1150. The lowest BCUT2D eigenvalue weighted by Gasteiger charge is -2.06. The molecular weight excluding hydrogens is 348 g/mol. The lowest BCUT2D eigenvalue weighted by Crippen LogP contribution is -2.32. The van der Waals surface area contributed by atoms with Crippen LogP contribution in [0.25, 0.3) is 16.8 Å². The molecule has 4 aromatic rings. The largest absolute Gasteiger partial charge is 0.495 e. The minimum Gasteiger partial charge on any atom is -0.495 e. The van der Waals surface area contributed by atoms with E-state index in [4.69, 9.17) is 14.0 Å². The number of fused-ring (bicyclic) bond motifs is 1. The van der Waals surface area contributed by atoms with E-state index in [0.717, 1.165) is 11.1 Å². The van der Waals surface area contributed by atoms with Crippen LogP contribution >= 0.6 is 0 Å². The molecule has 8 heteroatoms. The molecule has 3 aromatic heterocycles. The molecule has 4 rings (SSSR count). The summed E-state index contributed by atoms with van der Waals surface area (Å²) in [6.45, 7) is 0.343. The first-order valence-electron chi connectivity index (χ1n) is 8.24. The summed E-state index contributed by atoms with van der Waals surface area (Å²) in [5.74, 6) is 1.91. The molecule has 0 N–H and O–H groups in total. The SMILES string of the molecule is COc1ccc(COc2ccc3o[n+](-c4ccc(=O)n(C)n4)cc3c2)nc1. The average Bonchev–Trinajstić information content (AvgIpc) is 3.12. The van der Waals surface area contributed by atoms with Crippen molar-refractivity contribution >= 4 is 11.0 Å². The van der Waals surface area contributed by atoms with Crippen molar-refractivity contribution in [3.63, 3.8) is 0 Å². The van der Waals surface area contributed by atoms with Crippen LogP contribution in [0.3, 0.4) is 0 Å². The summed E-state index contributed by atoms with van der Waals surface area (Å²) in [5.41, 5.74) is 1.30. The first kappa shape index (κ1) is 16.8. The Balaban J connectivity index is 1.54. The molecule has 8 nitrogen and oxygen atoms in total. The number of hydrogen-bond donors (Lipinski definition) is 0. The molecule has 0 aliphatic heterocycles. The minimum atomic E-state index is -0.182. The molecule has 27 heavy (non-hydrogen) atoms. The fourth-order valence-electron chi connectivity index (χ4n) is 2.55. The Hall–Kier alpha value is -3.68. The maximum Gasteiger partial charge on any atom is 0.387 e. The molecule has 0 spiro atoms. The summed E-state index contributed by atoms with van der Waals surface area (Å²) in [7, 11) is 3.19. The van der Waals surface area contributed by atoms with E-state index >= 15 is 0 Å². The van der Waals surface area contributed by atoms with Crippen LogP contribution in [-0.4, -0.2) is 21.9 Å². The fourth-order valence-corrected chi connectivity index (χ4v) is 2.55. The van der Waals surface area contributed by atoms with Gasteiger partial charge in [0.25, 0.3) is 5.56 Å². The van der Waals surface area contributed by atoms with Gasteiger partial charge in [-0.15, -0.1) is 4.68 Å². The monoisotopic (exact) mass is 365 g/mol. The van der Waals surface area contributed by atoms with Crippen molar-refractivity contribution in [2.75, 3.05) is 7.11 Å². The van der Waals surface area contributed by atoms with E-state index in [2.05, 4.69) is 10.1 Å². The van der Waals surface area contributed by atoms with Gasteiger partial charge in [-0.3, -0.25) is 14.3 Å². The third kappa shape index (κ3) is 3.50. The molecule has 0 radical (unpaired) electrons. The van der Waals surface area contributed by atoms with E-state index in [-0.39, 0.29) is 5.56 Å². The van der Waals surface area contributed by atoms with Gasteiger partial charge in [0, 0.05) is 12.1 Å². The Labute approximate surface area is 154 Å². The number of methoxy groups -OCH3 is 1. The van der Waals surface area contributed by atoms with Crippen LogP contribution in [0.2, 0.25) is 0 Å². The molecule has 0 saturated carbocycles. The summed E-state index contributed by atoms with van der Waals surface area (Å²) in [5, 5.41) is 5.03. The molecular formula is C19H17N4O4+. The number of rotatable bonds is 5.